The molecule has 0 amide bonds. The molecule has 0 heterocycles. The van der Waals surface area contributed by atoms with Crippen molar-refractivity contribution in [2.24, 2.45) is 0 Å². The largest absolute Gasteiger partial charge is 0.478 e. The van der Waals surface area contributed by atoms with Crippen LogP contribution in [0.4, 0.5) is 0 Å². The highest BCUT2D eigenvalue weighted by atomic mass is 16.5. The number of hydrogen-bond acceptors (Lipinski definition) is 3. The number of ether oxygens (including phenoxy) is 1. The summed E-state index contributed by atoms with van der Waals surface area (Å²) in [7, 11) is 0. The van der Waals surface area contributed by atoms with E-state index in [1.165, 1.54) is 0 Å². The number of rotatable bonds is 6. The molecule has 0 saturated heterocycles. The molecule has 0 aromatic heterocycles. The second kappa shape index (κ2) is 7.77. The highest BCUT2D eigenvalue weighted by Gasteiger charge is 2.24. The zero-order chi connectivity index (χ0) is 17.7. The van der Waals surface area contributed by atoms with Crippen LogP contribution in [0, 0.1) is 13.8 Å². The number of carbonyl (C=O) groups is 2. The Morgan fingerprint density at radius 1 is 1.08 bits per heavy atom. The smallest absolute Gasteiger partial charge is 0.335 e. The Balaban J connectivity index is 2.52. The SMILES string of the molecule is CCOC(=O)CC(c1ccc(C)c(C)c1)c1ccccc1C(=O)O. The van der Waals surface area contributed by atoms with Crippen LogP contribution >= 0.6 is 0 Å². The Morgan fingerprint density at radius 3 is 2.42 bits per heavy atom. The molecule has 0 aliphatic rings. The summed E-state index contributed by atoms with van der Waals surface area (Å²) in [5.41, 5.74) is 4.01. The summed E-state index contributed by atoms with van der Waals surface area (Å²) in [5, 5.41) is 9.48. The van der Waals surface area contributed by atoms with E-state index in [0.717, 1.165) is 16.7 Å². The van der Waals surface area contributed by atoms with Crippen LogP contribution in [-0.2, 0) is 9.53 Å². The molecule has 0 saturated carbocycles. The van der Waals surface area contributed by atoms with Crippen LogP contribution in [0.25, 0.3) is 0 Å². The molecule has 0 radical (unpaired) electrons. The second-order valence-electron chi connectivity index (χ2n) is 5.80. The number of carboxylic acids is 1. The van der Waals surface area contributed by atoms with Crippen molar-refractivity contribution in [3.8, 4) is 0 Å². The van der Waals surface area contributed by atoms with Gasteiger partial charge in [0.2, 0.25) is 0 Å². The van der Waals surface area contributed by atoms with E-state index in [0.29, 0.717) is 12.2 Å². The summed E-state index contributed by atoms with van der Waals surface area (Å²) < 4.78 is 5.08. The molecule has 4 heteroatoms. The maximum absolute atomic E-state index is 12.1. The van der Waals surface area contributed by atoms with Gasteiger partial charge in [0.1, 0.15) is 0 Å². The highest BCUT2D eigenvalue weighted by Crippen LogP contribution is 2.32. The average Bonchev–Trinajstić information content (AvgIpc) is 2.55. The minimum absolute atomic E-state index is 0.112. The first-order valence-electron chi connectivity index (χ1n) is 7.99. The van der Waals surface area contributed by atoms with Crippen molar-refractivity contribution in [1.29, 1.82) is 0 Å². The zero-order valence-electron chi connectivity index (χ0n) is 14.2. The van der Waals surface area contributed by atoms with Gasteiger partial charge in [-0.05, 0) is 49.1 Å². The lowest BCUT2D eigenvalue weighted by Gasteiger charge is -2.20. The lowest BCUT2D eigenvalue weighted by Crippen LogP contribution is -2.15. The number of benzene rings is 2. The third-order valence-electron chi connectivity index (χ3n) is 4.18. The molecule has 0 bridgehead atoms. The summed E-state index contributed by atoms with van der Waals surface area (Å²) in [6.45, 7) is 6.08. The van der Waals surface area contributed by atoms with Gasteiger partial charge in [0.05, 0.1) is 18.6 Å². The minimum Gasteiger partial charge on any atom is -0.478 e. The number of aromatic carboxylic acids is 1. The fraction of sp³-hybridized carbons (Fsp3) is 0.300. The van der Waals surface area contributed by atoms with E-state index >= 15 is 0 Å². The van der Waals surface area contributed by atoms with E-state index in [-0.39, 0.29) is 23.9 Å². The third-order valence-corrected chi connectivity index (χ3v) is 4.18. The Morgan fingerprint density at radius 2 is 1.79 bits per heavy atom. The summed E-state index contributed by atoms with van der Waals surface area (Å²) in [6.07, 6.45) is 0.112. The molecular formula is C20H22O4. The van der Waals surface area contributed by atoms with E-state index in [1.807, 2.05) is 32.0 Å². The molecule has 2 aromatic rings. The van der Waals surface area contributed by atoms with Crippen LogP contribution in [0.3, 0.4) is 0 Å². The molecule has 0 aliphatic carbocycles. The van der Waals surface area contributed by atoms with Crippen LogP contribution in [0.1, 0.15) is 51.9 Å². The normalized spacial score (nSPS) is 11.8. The summed E-state index contributed by atoms with van der Waals surface area (Å²) in [4.78, 5) is 23.6. The highest BCUT2D eigenvalue weighted by molar-refractivity contribution is 5.90. The molecule has 1 N–H and O–H groups in total. The third kappa shape index (κ3) is 4.02. The van der Waals surface area contributed by atoms with E-state index in [9.17, 15) is 14.7 Å². The first kappa shape index (κ1) is 17.7. The monoisotopic (exact) mass is 326 g/mol. The van der Waals surface area contributed by atoms with Crippen LogP contribution < -0.4 is 0 Å². The molecule has 1 unspecified atom stereocenters. The maximum atomic E-state index is 12.1. The van der Waals surface area contributed by atoms with E-state index in [1.54, 1.807) is 31.2 Å². The van der Waals surface area contributed by atoms with Crippen molar-refractivity contribution in [2.45, 2.75) is 33.1 Å². The van der Waals surface area contributed by atoms with E-state index < -0.39 is 5.97 Å². The van der Waals surface area contributed by atoms with Crippen LogP contribution in [0.2, 0.25) is 0 Å². The molecule has 0 fully saturated rings. The second-order valence-corrected chi connectivity index (χ2v) is 5.80. The van der Waals surface area contributed by atoms with Crippen LogP contribution in [0.5, 0.6) is 0 Å². The number of aryl methyl sites for hydroxylation is 2. The molecule has 4 nitrogen and oxygen atoms in total. The number of esters is 1. The van der Waals surface area contributed by atoms with Gasteiger partial charge in [-0.1, -0.05) is 36.4 Å². The van der Waals surface area contributed by atoms with Gasteiger partial charge >= 0.3 is 11.9 Å². The van der Waals surface area contributed by atoms with Crippen molar-refractivity contribution in [3.63, 3.8) is 0 Å². The van der Waals surface area contributed by atoms with Gasteiger partial charge in [0.15, 0.2) is 0 Å². The van der Waals surface area contributed by atoms with Crippen molar-refractivity contribution in [1.82, 2.24) is 0 Å². The molecular weight excluding hydrogens is 304 g/mol. The molecule has 0 spiro atoms. The molecule has 24 heavy (non-hydrogen) atoms. The van der Waals surface area contributed by atoms with Crippen LogP contribution in [-0.4, -0.2) is 23.7 Å². The van der Waals surface area contributed by atoms with Gasteiger partial charge in [0, 0.05) is 5.92 Å². The molecule has 0 aliphatic heterocycles. The average molecular weight is 326 g/mol. The molecule has 2 aromatic carbocycles. The lowest BCUT2D eigenvalue weighted by molar-refractivity contribution is -0.143. The van der Waals surface area contributed by atoms with Gasteiger partial charge < -0.3 is 9.84 Å². The van der Waals surface area contributed by atoms with Crippen molar-refractivity contribution >= 4 is 11.9 Å². The zero-order valence-corrected chi connectivity index (χ0v) is 14.2. The van der Waals surface area contributed by atoms with E-state index in [4.69, 9.17) is 4.74 Å². The van der Waals surface area contributed by atoms with Gasteiger partial charge in [-0.25, -0.2) is 4.79 Å². The van der Waals surface area contributed by atoms with Gasteiger partial charge in [-0.3, -0.25) is 4.79 Å². The first-order valence-corrected chi connectivity index (χ1v) is 7.99. The van der Waals surface area contributed by atoms with E-state index in [2.05, 4.69) is 0 Å². The maximum Gasteiger partial charge on any atom is 0.335 e. The number of carboxylic acid groups (broad SMARTS) is 1. The Hall–Kier alpha value is -2.62. The van der Waals surface area contributed by atoms with Crippen molar-refractivity contribution < 1.29 is 19.4 Å². The lowest BCUT2D eigenvalue weighted by atomic mass is 9.84. The van der Waals surface area contributed by atoms with Gasteiger partial charge in [-0.15, -0.1) is 0 Å². The molecule has 1 atom stereocenters. The Kier molecular flexibility index (Phi) is 5.74. The first-order chi connectivity index (χ1) is 11.4. The predicted octanol–water partition coefficient (Wildman–Crippen LogP) is 4.09. The quantitative estimate of drug-likeness (QED) is 0.812. The number of carbonyl (C=O) groups excluding carboxylic acids is 1. The van der Waals surface area contributed by atoms with Gasteiger partial charge in [0.25, 0.3) is 0 Å². The van der Waals surface area contributed by atoms with Crippen LogP contribution in [0.15, 0.2) is 42.5 Å². The summed E-state index contributed by atoms with van der Waals surface area (Å²) >= 11 is 0. The fourth-order valence-electron chi connectivity index (χ4n) is 2.77. The molecule has 2 rings (SSSR count). The Labute approximate surface area is 142 Å². The van der Waals surface area contributed by atoms with Crippen molar-refractivity contribution in [3.05, 3.63) is 70.3 Å². The minimum atomic E-state index is -0.997. The topological polar surface area (TPSA) is 63.6 Å². The number of hydrogen-bond donors (Lipinski definition) is 1. The summed E-state index contributed by atoms with van der Waals surface area (Å²) in [6, 6.07) is 12.8. The van der Waals surface area contributed by atoms with Gasteiger partial charge in [-0.2, -0.15) is 0 Å². The molecule has 126 valence electrons. The summed E-state index contributed by atoms with van der Waals surface area (Å²) in [5.74, 6) is -1.68. The van der Waals surface area contributed by atoms with Crippen molar-refractivity contribution in [2.75, 3.05) is 6.61 Å². The predicted molar refractivity (Wildman–Crippen MR) is 92.4 cm³/mol. The Bertz CT molecular complexity index is 749. The standard InChI is InChI=1S/C20H22O4/c1-4-24-19(21)12-18(15-10-9-13(2)14(3)11-15)16-7-5-6-8-17(16)20(22)23/h5-11,18H,4,12H2,1-3H3,(H,22,23). The fourth-order valence-corrected chi connectivity index (χ4v) is 2.77.